The molecule has 0 fully saturated rings. The molecule has 1 aliphatic rings. The lowest BCUT2D eigenvalue weighted by molar-refractivity contribution is -0.114. The maximum absolute atomic E-state index is 13.7. The maximum Gasteiger partial charge on any atom is 0.435 e. The minimum atomic E-state index is -4.98. The van der Waals surface area contributed by atoms with Crippen LogP contribution in [0.5, 0.6) is 0 Å². The van der Waals surface area contributed by atoms with Crippen LogP contribution in [0.25, 0.3) is 27.8 Å². The number of anilines is 1. The monoisotopic (exact) mass is 501 g/mol. The molecular weight excluding hydrogens is 491 g/mol. The van der Waals surface area contributed by atoms with E-state index in [4.69, 9.17) is 21.5 Å². The van der Waals surface area contributed by atoms with Gasteiger partial charge in [-0.3, -0.25) is 4.79 Å². The first-order valence-corrected chi connectivity index (χ1v) is 9.97. The van der Waals surface area contributed by atoms with Crippen molar-refractivity contribution in [2.45, 2.75) is 6.18 Å². The Morgan fingerprint density at radius 1 is 1.17 bits per heavy atom. The number of alkyl halides is 3. The molecule has 0 saturated heterocycles. The van der Waals surface area contributed by atoms with Gasteiger partial charge in [-0.05, 0) is 41.9 Å². The van der Waals surface area contributed by atoms with E-state index >= 15 is 0 Å². The van der Waals surface area contributed by atoms with E-state index < -0.39 is 34.9 Å². The van der Waals surface area contributed by atoms with E-state index in [2.05, 4.69) is 15.1 Å². The summed E-state index contributed by atoms with van der Waals surface area (Å²) in [4.78, 5) is 26.9. The zero-order chi connectivity index (χ0) is 25.3. The number of furan rings is 1. The van der Waals surface area contributed by atoms with Crippen molar-refractivity contribution < 1.29 is 32.3 Å². The lowest BCUT2D eigenvalue weighted by atomic mass is 10.1. The number of carbonyl (C=O) groups is 2. The van der Waals surface area contributed by atoms with Crippen LogP contribution in [0.15, 0.2) is 74.8 Å². The third-order valence-electron chi connectivity index (χ3n) is 4.80. The van der Waals surface area contributed by atoms with Crippen molar-refractivity contribution in [2.75, 3.05) is 5.01 Å². The lowest BCUT2D eigenvalue weighted by Gasteiger charge is -2.12. The van der Waals surface area contributed by atoms with Gasteiger partial charge >= 0.3 is 12.1 Å². The third kappa shape index (κ3) is 4.74. The molecule has 0 bridgehead atoms. The van der Waals surface area contributed by atoms with Crippen molar-refractivity contribution in [3.05, 3.63) is 87.0 Å². The number of azide groups is 1. The summed E-state index contributed by atoms with van der Waals surface area (Å²) < 4.78 is 46.6. The van der Waals surface area contributed by atoms with Crippen LogP contribution in [-0.2, 0) is 4.79 Å². The molecule has 1 amide bonds. The number of hydrazone groups is 1. The second kappa shape index (κ2) is 9.01. The Balaban J connectivity index is 1.70. The molecule has 13 heteroatoms. The molecule has 2 aromatic carbocycles. The Morgan fingerprint density at radius 2 is 1.89 bits per heavy atom. The zero-order valence-electron chi connectivity index (χ0n) is 17.2. The Bertz CT molecular complexity index is 1450. The van der Waals surface area contributed by atoms with Crippen LogP contribution in [-0.4, -0.2) is 28.9 Å². The molecule has 0 aliphatic carbocycles. The summed E-state index contributed by atoms with van der Waals surface area (Å²) in [5, 5.41) is 16.4. The van der Waals surface area contributed by atoms with Gasteiger partial charge in [-0.1, -0.05) is 41.0 Å². The highest BCUT2D eigenvalue weighted by Gasteiger charge is 2.47. The van der Waals surface area contributed by atoms with Crippen LogP contribution in [0.2, 0.25) is 5.02 Å². The molecule has 0 spiro atoms. The highest BCUT2D eigenvalue weighted by molar-refractivity contribution is 6.35. The summed E-state index contributed by atoms with van der Waals surface area (Å²) >= 11 is 5.80. The smallest absolute Gasteiger partial charge is 0.435 e. The maximum atomic E-state index is 13.7. The molecule has 1 N–H and O–H groups in total. The third-order valence-corrected chi connectivity index (χ3v) is 5.13. The first-order valence-electron chi connectivity index (χ1n) is 9.59. The van der Waals surface area contributed by atoms with Crippen molar-refractivity contribution in [2.24, 2.45) is 10.2 Å². The molecule has 0 unspecified atom stereocenters. The molecule has 0 atom stereocenters. The number of hydrogen-bond donors (Lipinski definition) is 1. The second-order valence-corrected chi connectivity index (χ2v) is 7.44. The summed E-state index contributed by atoms with van der Waals surface area (Å²) in [5.74, 6) is -2.31. The molecular formula is C22H11ClF3N5O4. The molecule has 0 saturated carbocycles. The first kappa shape index (κ1) is 23.6. The fourth-order valence-corrected chi connectivity index (χ4v) is 3.41. The minimum Gasteiger partial charge on any atom is -0.478 e. The summed E-state index contributed by atoms with van der Waals surface area (Å²) in [6.45, 7) is 0. The van der Waals surface area contributed by atoms with E-state index in [1.54, 1.807) is 12.1 Å². The normalized spacial score (nSPS) is 14.7. The van der Waals surface area contributed by atoms with Gasteiger partial charge in [0.1, 0.15) is 11.5 Å². The fourth-order valence-electron chi connectivity index (χ4n) is 3.21. The molecule has 4 rings (SSSR count). The highest BCUT2D eigenvalue weighted by Crippen LogP contribution is 2.35. The molecule has 176 valence electrons. The van der Waals surface area contributed by atoms with Crippen LogP contribution in [0.4, 0.5) is 24.5 Å². The number of benzene rings is 2. The SMILES string of the molecule is [N-]=[N+]=Nc1ccc(-c2ccc(/C=C3/C(=O)N(c4ccc(Cl)c(C(=O)O)c4)N=C3C(F)(F)F)o2)cc1. The summed E-state index contributed by atoms with van der Waals surface area (Å²) in [6, 6.07) is 12.4. The van der Waals surface area contributed by atoms with Crippen LogP contribution in [0.1, 0.15) is 16.1 Å². The largest absolute Gasteiger partial charge is 0.478 e. The molecule has 1 aliphatic heterocycles. The van der Waals surface area contributed by atoms with Gasteiger partial charge < -0.3 is 9.52 Å². The average molecular weight is 502 g/mol. The Kier molecular flexibility index (Phi) is 6.08. The van der Waals surface area contributed by atoms with Crippen LogP contribution in [0.3, 0.4) is 0 Å². The molecule has 3 aromatic rings. The van der Waals surface area contributed by atoms with E-state index in [1.165, 1.54) is 30.3 Å². The Labute approximate surface area is 199 Å². The zero-order valence-corrected chi connectivity index (χ0v) is 17.9. The number of amides is 1. The van der Waals surface area contributed by atoms with Crippen molar-refractivity contribution in [1.29, 1.82) is 0 Å². The summed E-state index contributed by atoms with van der Waals surface area (Å²) in [7, 11) is 0. The van der Waals surface area contributed by atoms with E-state index in [9.17, 15) is 27.9 Å². The molecule has 35 heavy (non-hydrogen) atoms. The van der Waals surface area contributed by atoms with E-state index in [1.807, 2.05) is 0 Å². The van der Waals surface area contributed by atoms with Crippen molar-refractivity contribution in [3.63, 3.8) is 0 Å². The highest BCUT2D eigenvalue weighted by atomic mass is 35.5. The number of halogens is 4. The van der Waals surface area contributed by atoms with Crippen molar-refractivity contribution >= 4 is 46.6 Å². The van der Waals surface area contributed by atoms with E-state index in [0.29, 0.717) is 22.0 Å². The van der Waals surface area contributed by atoms with Gasteiger partial charge in [-0.2, -0.15) is 23.3 Å². The Morgan fingerprint density at radius 3 is 2.51 bits per heavy atom. The number of carboxylic acid groups (broad SMARTS) is 1. The molecule has 2 heterocycles. The second-order valence-electron chi connectivity index (χ2n) is 7.03. The predicted molar refractivity (Wildman–Crippen MR) is 120 cm³/mol. The van der Waals surface area contributed by atoms with Crippen LogP contribution < -0.4 is 5.01 Å². The van der Waals surface area contributed by atoms with Gasteiger partial charge in [0.25, 0.3) is 5.91 Å². The van der Waals surface area contributed by atoms with Gasteiger partial charge in [0.15, 0.2) is 5.71 Å². The standard InChI is InChI=1S/C22H11ClF3N5O4/c23-17-7-5-13(9-15(17)21(33)34)31-20(32)16(19(29-31)22(24,25)26)10-14-6-8-18(35-14)11-1-3-12(4-2-11)28-30-27/h1-10H,(H,33,34)/b16-10+. The minimum absolute atomic E-state index is 0.0522. The summed E-state index contributed by atoms with van der Waals surface area (Å²) in [6.07, 6.45) is -4.08. The van der Waals surface area contributed by atoms with Gasteiger partial charge in [0, 0.05) is 16.2 Å². The Hall–Kier alpha value is -4.54. The number of nitrogens with zero attached hydrogens (tertiary/aromatic N) is 5. The lowest BCUT2D eigenvalue weighted by Crippen LogP contribution is -2.25. The van der Waals surface area contributed by atoms with Gasteiger partial charge in [-0.25, -0.2) is 4.79 Å². The number of rotatable bonds is 5. The molecule has 0 radical (unpaired) electrons. The van der Waals surface area contributed by atoms with Crippen LogP contribution in [0, 0.1) is 0 Å². The van der Waals surface area contributed by atoms with E-state index in [0.717, 1.165) is 18.2 Å². The molecule has 9 nitrogen and oxygen atoms in total. The quantitative estimate of drug-likeness (QED) is 0.183. The predicted octanol–water partition coefficient (Wildman–Crippen LogP) is 6.59. The average Bonchev–Trinajstić information content (AvgIpc) is 3.40. The fraction of sp³-hybridized carbons (Fsp3) is 0.0455. The van der Waals surface area contributed by atoms with Gasteiger partial charge in [-0.15, -0.1) is 0 Å². The van der Waals surface area contributed by atoms with Crippen molar-refractivity contribution in [1.82, 2.24) is 0 Å². The van der Waals surface area contributed by atoms with Gasteiger partial charge in [0.05, 0.1) is 21.8 Å². The summed E-state index contributed by atoms with van der Waals surface area (Å²) in [5.41, 5.74) is 6.52. The van der Waals surface area contributed by atoms with Crippen LogP contribution >= 0.6 is 11.6 Å². The number of hydrogen-bond acceptors (Lipinski definition) is 5. The van der Waals surface area contributed by atoms with Gasteiger partial charge in [0.2, 0.25) is 0 Å². The van der Waals surface area contributed by atoms with Crippen molar-refractivity contribution in [3.8, 4) is 11.3 Å². The number of carboxylic acids is 1. The number of aromatic carboxylic acids is 1. The number of carbonyl (C=O) groups excluding carboxylic acids is 1. The van der Waals surface area contributed by atoms with E-state index in [-0.39, 0.29) is 16.5 Å². The first-order chi connectivity index (χ1) is 16.6. The topological polar surface area (TPSA) is 132 Å². The molecule has 1 aromatic heterocycles.